The van der Waals surface area contributed by atoms with Gasteiger partial charge >= 0.3 is 0 Å². The molecule has 0 aliphatic carbocycles. The predicted molar refractivity (Wildman–Crippen MR) is 111 cm³/mol. The maximum absolute atomic E-state index is 12.5. The van der Waals surface area contributed by atoms with Crippen LogP contribution in [0.25, 0.3) is 6.08 Å². The van der Waals surface area contributed by atoms with Crippen molar-refractivity contribution in [1.29, 1.82) is 5.41 Å². The number of fused-ring (bicyclic) bond motifs is 1. The van der Waals surface area contributed by atoms with E-state index in [4.69, 9.17) is 5.41 Å². The number of amides is 1. The fourth-order valence-corrected chi connectivity index (χ4v) is 3.73. The number of nitrogens with zero attached hydrogens (tertiary/aromatic N) is 3. The smallest absolute Gasteiger partial charge is 0.282 e. The molecule has 2 aliphatic heterocycles. The van der Waals surface area contributed by atoms with Crippen molar-refractivity contribution in [2.45, 2.75) is 19.8 Å². The van der Waals surface area contributed by atoms with Gasteiger partial charge in [-0.15, -0.1) is 0 Å². The molecule has 0 unspecified atom stereocenters. The Balaban J connectivity index is 1.65. The standard InChI is InChI=1S/C21H18N4OS/c1-13(2)15-10-8-14(9-11-15)12-17-18(22)25-21(23-19(17)26)27-20(24-25)16-6-4-3-5-7-16/h3-13,22H,1-2H3/b17-12-,22-18?. The number of thioether (sulfide) groups is 1. The van der Waals surface area contributed by atoms with Gasteiger partial charge in [0, 0.05) is 5.56 Å². The first-order valence-electron chi connectivity index (χ1n) is 8.68. The van der Waals surface area contributed by atoms with Crippen LogP contribution in [0.1, 0.15) is 36.5 Å². The Labute approximate surface area is 162 Å². The summed E-state index contributed by atoms with van der Waals surface area (Å²) >= 11 is 1.31. The molecule has 27 heavy (non-hydrogen) atoms. The maximum Gasteiger partial charge on any atom is 0.283 e. The van der Waals surface area contributed by atoms with E-state index in [1.807, 2.05) is 54.6 Å². The number of carbonyl (C=O) groups excluding carboxylic acids is 1. The second-order valence-electron chi connectivity index (χ2n) is 6.61. The second-order valence-corrected chi connectivity index (χ2v) is 7.57. The van der Waals surface area contributed by atoms with Crippen LogP contribution in [0.15, 0.2) is 70.3 Å². The fourth-order valence-electron chi connectivity index (χ4n) is 2.83. The Morgan fingerprint density at radius 3 is 2.44 bits per heavy atom. The largest absolute Gasteiger partial charge is 0.283 e. The van der Waals surface area contributed by atoms with Crippen LogP contribution in [-0.2, 0) is 4.79 Å². The minimum absolute atomic E-state index is 0.0522. The molecule has 0 aromatic heterocycles. The molecule has 4 rings (SSSR count). The predicted octanol–water partition coefficient (Wildman–Crippen LogP) is 4.48. The Morgan fingerprint density at radius 2 is 1.78 bits per heavy atom. The number of nitrogens with one attached hydrogen (secondary N) is 1. The van der Waals surface area contributed by atoms with Crippen LogP contribution in [0.2, 0.25) is 0 Å². The van der Waals surface area contributed by atoms with Gasteiger partial charge in [-0.3, -0.25) is 10.2 Å². The van der Waals surface area contributed by atoms with Crippen molar-refractivity contribution in [2.24, 2.45) is 10.1 Å². The van der Waals surface area contributed by atoms with Crippen LogP contribution < -0.4 is 0 Å². The molecule has 0 bridgehead atoms. The third-order valence-corrected chi connectivity index (χ3v) is 5.35. The van der Waals surface area contributed by atoms with Crippen LogP contribution >= 0.6 is 11.8 Å². The lowest BCUT2D eigenvalue weighted by atomic mass is 10.0. The molecule has 0 spiro atoms. The minimum atomic E-state index is -0.406. The molecule has 2 aromatic carbocycles. The summed E-state index contributed by atoms with van der Waals surface area (Å²) < 4.78 is 0. The van der Waals surface area contributed by atoms with E-state index in [1.165, 1.54) is 22.3 Å². The zero-order chi connectivity index (χ0) is 19.0. The van der Waals surface area contributed by atoms with E-state index in [-0.39, 0.29) is 11.4 Å². The molecule has 5 nitrogen and oxygen atoms in total. The van der Waals surface area contributed by atoms with Crippen LogP contribution in [0.4, 0.5) is 0 Å². The lowest BCUT2D eigenvalue weighted by Crippen LogP contribution is -2.35. The number of carbonyl (C=O) groups is 1. The van der Waals surface area contributed by atoms with Crippen molar-refractivity contribution < 1.29 is 4.79 Å². The topological polar surface area (TPSA) is 68.9 Å². The van der Waals surface area contributed by atoms with Crippen molar-refractivity contribution in [1.82, 2.24) is 5.01 Å². The van der Waals surface area contributed by atoms with Gasteiger partial charge in [-0.2, -0.15) is 15.1 Å². The van der Waals surface area contributed by atoms with Crippen molar-refractivity contribution in [2.75, 3.05) is 0 Å². The quantitative estimate of drug-likeness (QED) is 0.806. The number of hydrogen-bond donors (Lipinski definition) is 1. The highest BCUT2D eigenvalue weighted by Gasteiger charge is 2.35. The van der Waals surface area contributed by atoms with Gasteiger partial charge in [0.25, 0.3) is 5.91 Å². The van der Waals surface area contributed by atoms with E-state index in [9.17, 15) is 4.79 Å². The molecular weight excluding hydrogens is 356 g/mol. The lowest BCUT2D eigenvalue weighted by molar-refractivity contribution is -0.114. The molecule has 0 fully saturated rings. The summed E-state index contributed by atoms with van der Waals surface area (Å²) in [6, 6.07) is 17.7. The molecule has 2 heterocycles. The molecule has 0 atom stereocenters. The molecule has 2 aromatic rings. The molecule has 0 radical (unpaired) electrons. The van der Waals surface area contributed by atoms with Gasteiger partial charge in [0.15, 0.2) is 5.84 Å². The maximum atomic E-state index is 12.5. The average Bonchev–Trinajstić information content (AvgIpc) is 3.10. The molecular formula is C21H18N4OS. The molecule has 2 aliphatic rings. The number of rotatable bonds is 3. The summed E-state index contributed by atoms with van der Waals surface area (Å²) in [5.41, 5.74) is 3.28. The van der Waals surface area contributed by atoms with Crippen LogP contribution in [-0.4, -0.2) is 27.0 Å². The van der Waals surface area contributed by atoms with Gasteiger partial charge in [0.05, 0.1) is 5.57 Å². The van der Waals surface area contributed by atoms with E-state index in [1.54, 1.807) is 6.08 Å². The molecule has 6 heteroatoms. The zero-order valence-electron chi connectivity index (χ0n) is 15.0. The highest BCUT2D eigenvalue weighted by Crippen LogP contribution is 2.30. The Hall–Kier alpha value is -2.99. The van der Waals surface area contributed by atoms with Gasteiger partial charge in [0.1, 0.15) is 5.04 Å². The van der Waals surface area contributed by atoms with Crippen molar-refractivity contribution >= 4 is 39.8 Å². The Bertz CT molecular complexity index is 1000. The Morgan fingerprint density at radius 1 is 1.07 bits per heavy atom. The number of amidine groups is 2. The number of benzene rings is 2. The molecule has 0 saturated heterocycles. The first-order chi connectivity index (χ1) is 13.0. The van der Waals surface area contributed by atoms with Gasteiger partial charge < -0.3 is 0 Å². The number of hydrogen-bond acceptors (Lipinski definition) is 4. The van der Waals surface area contributed by atoms with Crippen LogP contribution in [0, 0.1) is 5.41 Å². The normalized spacial score (nSPS) is 18.0. The Kier molecular flexibility index (Phi) is 4.49. The number of aliphatic imine (C=N–C) groups is 1. The summed E-state index contributed by atoms with van der Waals surface area (Å²) in [6.45, 7) is 4.27. The molecule has 1 N–H and O–H groups in total. The SMILES string of the molecule is CC(C)c1ccc(/C=C2/C(=N)N3N=C(c4ccccc4)SC3=NC2=O)cc1. The van der Waals surface area contributed by atoms with Crippen molar-refractivity contribution in [3.05, 3.63) is 76.9 Å². The first-order valence-corrected chi connectivity index (χ1v) is 9.50. The van der Waals surface area contributed by atoms with Crippen molar-refractivity contribution in [3.63, 3.8) is 0 Å². The summed E-state index contributed by atoms with van der Waals surface area (Å²) in [5, 5.41) is 15.5. The summed E-state index contributed by atoms with van der Waals surface area (Å²) in [5.74, 6) is 0.0911. The van der Waals surface area contributed by atoms with Crippen molar-refractivity contribution in [3.8, 4) is 0 Å². The summed E-state index contributed by atoms with van der Waals surface area (Å²) in [7, 11) is 0. The summed E-state index contributed by atoms with van der Waals surface area (Å²) in [6.07, 6.45) is 1.70. The van der Waals surface area contributed by atoms with E-state index >= 15 is 0 Å². The van der Waals surface area contributed by atoms with E-state index in [0.29, 0.717) is 11.1 Å². The first kappa shape index (κ1) is 17.4. The molecule has 134 valence electrons. The van der Waals surface area contributed by atoms with Crippen LogP contribution in [0.5, 0.6) is 0 Å². The highest BCUT2D eigenvalue weighted by molar-refractivity contribution is 8.27. The molecule has 1 amide bonds. The van der Waals surface area contributed by atoms with E-state index in [2.05, 4.69) is 23.9 Å². The van der Waals surface area contributed by atoms with Gasteiger partial charge in [-0.1, -0.05) is 68.4 Å². The third kappa shape index (κ3) is 3.36. The van der Waals surface area contributed by atoms with E-state index < -0.39 is 5.91 Å². The fraction of sp³-hybridized carbons (Fsp3) is 0.143. The van der Waals surface area contributed by atoms with Gasteiger partial charge in [-0.25, -0.2) is 0 Å². The average molecular weight is 374 g/mol. The van der Waals surface area contributed by atoms with Crippen LogP contribution in [0.3, 0.4) is 0 Å². The highest BCUT2D eigenvalue weighted by atomic mass is 32.2. The lowest BCUT2D eigenvalue weighted by Gasteiger charge is -2.20. The second kappa shape index (κ2) is 6.96. The van der Waals surface area contributed by atoms with Gasteiger partial charge in [-0.05, 0) is 34.9 Å². The molecule has 0 saturated carbocycles. The monoisotopic (exact) mass is 374 g/mol. The zero-order valence-corrected chi connectivity index (χ0v) is 15.8. The summed E-state index contributed by atoms with van der Waals surface area (Å²) in [4.78, 5) is 16.6. The third-order valence-electron chi connectivity index (χ3n) is 4.39. The minimum Gasteiger partial charge on any atom is -0.282 e. The number of hydrazone groups is 1. The van der Waals surface area contributed by atoms with Gasteiger partial charge in [0.2, 0.25) is 5.17 Å². The van der Waals surface area contributed by atoms with E-state index in [0.717, 1.165) is 16.2 Å².